The van der Waals surface area contributed by atoms with E-state index < -0.39 is 11.6 Å². The second-order valence-corrected chi connectivity index (χ2v) is 9.56. The highest BCUT2D eigenvalue weighted by Gasteiger charge is 2.29. The maximum Gasteiger partial charge on any atom is 0.261 e. The Balaban J connectivity index is 2.24. The van der Waals surface area contributed by atoms with Gasteiger partial charge in [0.1, 0.15) is 11.8 Å². The highest BCUT2D eigenvalue weighted by Crippen LogP contribution is 2.24. The van der Waals surface area contributed by atoms with E-state index in [0.29, 0.717) is 15.8 Å². The molecule has 0 saturated heterocycles. The Morgan fingerprint density at radius 1 is 1.06 bits per heavy atom. The fourth-order valence-corrected chi connectivity index (χ4v) is 3.30. The van der Waals surface area contributed by atoms with Gasteiger partial charge in [-0.25, -0.2) is 0 Å². The second-order valence-electron chi connectivity index (χ2n) is 8.74. The zero-order valence-electron chi connectivity index (χ0n) is 18.9. The Hall–Kier alpha value is -2.24. The Kier molecular flexibility index (Phi) is 8.38. The van der Waals surface area contributed by atoms with Crippen molar-refractivity contribution in [1.29, 1.82) is 0 Å². The van der Waals surface area contributed by atoms with Crippen LogP contribution in [0.15, 0.2) is 36.4 Å². The van der Waals surface area contributed by atoms with Crippen molar-refractivity contribution in [2.45, 2.75) is 59.7 Å². The van der Waals surface area contributed by atoms with Crippen LogP contribution in [0.4, 0.5) is 0 Å². The molecule has 5 nitrogen and oxygen atoms in total. The predicted molar refractivity (Wildman–Crippen MR) is 126 cm³/mol. The lowest BCUT2D eigenvalue weighted by molar-refractivity contribution is -0.142. The van der Waals surface area contributed by atoms with Crippen molar-refractivity contribution in [3.05, 3.63) is 63.1 Å². The van der Waals surface area contributed by atoms with Crippen molar-refractivity contribution in [2.75, 3.05) is 6.61 Å². The molecule has 0 aromatic heterocycles. The van der Waals surface area contributed by atoms with Gasteiger partial charge in [0.15, 0.2) is 6.61 Å². The number of aryl methyl sites for hydroxylation is 2. The summed E-state index contributed by atoms with van der Waals surface area (Å²) in [6.07, 6.45) is 0. The quantitative estimate of drug-likeness (QED) is 0.602. The lowest BCUT2D eigenvalue weighted by Gasteiger charge is -2.31. The maximum absolute atomic E-state index is 13.1. The smallest absolute Gasteiger partial charge is 0.261 e. The van der Waals surface area contributed by atoms with Gasteiger partial charge < -0.3 is 15.0 Å². The third-order valence-electron chi connectivity index (χ3n) is 4.70. The number of carbonyl (C=O) groups is 2. The number of nitrogens with one attached hydrogen (secondary N) is 1. The molecule has 1 atom stereocenters. The molecule has 2 rings (SSSR count). The van der Waals surface area contributed by atoms with Crippen LogP contribution in [0, 0.1) is 13.8 Å². The number of ether oxygens (including phenoxy) is 1. The molecule has 168 valence electrons. The minimum Gasteiger partial charge on any atom is -0.483 e. The minimum atomic E-state index is -0.705. The molecule has 0 heterocycles. The molecule has 7 heteroatoms. The topological polar surface area (TPSA) is 58.6 Å². The molecule has 0 saturated carbocycles. The SMILES string of the molecule is Cc1ccc(C)c(OCC(=O)N(Cc2ccc(Cl)c(Cl)c2)[C@@H](C)C(=O)NC(C)(C)C)c1. The van der Waals surface area contributed by atoms with Crippen LogP contribution in [0.25, 0.3) is 0 Å². The summed E-state index contributed by atoms with van der Waals surface area (Å²) in [5.74, 6) is 0.103. The molecule has 0 aliphatic rings. The largest absolute Gasteiger partial charge is 0.483 e. The number of amides is 2. The van der Waals surface area contributed by atoms with E-state index in [1.165, 1.54) is 4.90 Å². The van der Waals surface area contributed by atoms with Crippen molar-refractivity contribution < 1.29 is 14.3 Å². The maximum atomic E-state index is 13.1. The van der Waals surface area contributed by atoms with Crippen LogP contribution in [0.5, 0.6) is 5.75 Å². The molecule has 0 bridgehead atoms. The van der Waals surface area contributed by atoms with Crippen molar-refractivity contribution in [2.24, 2.45) is 0 Å². The minimum absolute atomic E-state index is 0.182. The zero-order chi connectivity index (χ0) is 23.3. The molecule has 0 aliphatic carbocycles. The molecule has 0 fully saturated rings. The van der Waals surface area contributed by atoms with Gasteiger partial charge in [0.25, 0.3) is 5.91 Å². The summed E-state index contributed by atoms with van der Waals surface area (Å²) in [7, 11) is 0. The summed E-state index contributed by atoms with van der Waals surface area (Å²) < 4.78 is 5.80. The molecule has 0 radical (unpaired) electrons. The van der Waals surface area contributed by atoms with Gasteiger partial charge in [0.05, 0.1) is 10.0 Å². The third-order valence-corrected chi connectivity index (χ3v) is 5.44. The van der Waals surface area contributed by atoms with E-state index in [0.717, 1.165) is 16.7 Å². The van der Waals surface area contributed by atoms with Crippen molar-refractivity contribution in [3.63, 3.8) is 0 Å². The normalized spacial score (nSPS) is 12.3. The van der Waals surface area contributed by atoms with Gasteiger partial charge in [0, 0.05) is 12.1 Å². The molecule has 0 spiro atoms. The van der Waals surface area contributed by atoms with E-state index in [9.17, 15) is 9.59 Å². The van der Waals surface area contributed by atoms with E-state index in [1.807, 2.05) is 52.8 Å². The summed E-state index contributed by atoms with van der Waals surface area (Å²) in [4.78, 5) is 27.4. The average Bonchev–Trinajstić information content (AvgIpc) is 2.67. The average molecular weight is 465 g/mol. The summed E-state index contributed by atoms with van der Waals surface area (Å²) in [5.41, 5.74) is 2.33. The number of benzene rings is 2. The number of carbonyl (C=O) groups excluding carboxylic acids is 2. The monoisotopic (exact) mass is 464 g/mol. The number of nitrogens with zero attached hydrogens (tertiary/aromatic N) is 1. The zero-order valence-corrected chi connectivity index (χ0v) is 20.4. The standard InChI is InChI=1S/C24H30Cl2N2O3/c1-15-7-8-16(2)21(11-15)31-14-22(29)28(17(3)23(30)27-24(4,5)6)13-18-9-10-19(25)20(26)12-18/h7-12,17H,13-14H2,1-6H3,(H,27,30)/t17-/m0/s1. The van der Waals surface area contributed by atoms with Crippen molar-refractivity contribution in [1.82, 2.24) is 10.2 Å². The van der Waals surface area contributed by atoms with Crippen LogP contribution in [0.3, 0.4) is 0 Å². The first-order valence-electron chi connectivity index (χ1n) is 10.1. The van der Waals surface area contributed by atoms with Gasteiger partial charge in [-0.2, -0.15) is 0 Å². The first-order valence-corrected chi connectivity index (χ1v) is 10.9. The molecular formula is C24H30Cl2N2O3. The van der Waals surface area contributed by atoms with Crippen LogP contribution >= 0.6 is 23.2 Å². The summed E-state index contributed by atoms with van der Waals surface area (Å²) in [5, 5.41) is 3.75. The van der Waals surface area contributed by atoms with Crippen LogP contribution in [0.1, 0.15) is 44.4 Å². The Labute approximate surface area is 194 Å². The Bertz CT molecular complexity index is 954. The molecule has 1 N–H and O–H groups in total. The molecule has 2 amide bonds. The fraction of sp³-hybridized carbons (Fsp3) is 0.417. The van der Waals surface area contributed by atoms with E-state index in [1.54, 1.807) is 25.1 Å². The van der Waals surface area contributed by atoms with Gasteiger partial charge >= 0.3 is 0 Å². The first-order chi connectivity index (χ1) is 14.4. The number of hydrogen-bond acceptors (Lipinski definition) is 3. The lowest BCUT2D eigenvalue weighted by atomic mass is 10.1. The van der Waals surface area contributed by atoms with Gasteiger partial charge in [-0.3, -0.25) is 9.59 Å². The second kappa shape index (κ2) is 10.4. The van der Waals surface area contributed by atoms with Crippen LogP contribution in [0.2, 0.25) is 10.0 Å². The van der Waals surface area contributed by atoms with Gasteiger partial charge in [-0.05, 0) is 76.4 Å². The Morgan fingerprint density at radius 3 is 2.35 bits per heavy atom. The van der Waals surface area contributed by atoms with E-state index >= 15 is 0 Å². The predicted octanol–water partition coefficient (Wildman–Crippen LogP) is 5.32. The van der Waals surface area contributed by atoms with Crippen molar-refractivity contribution in [3.8, 4) is 5.75 Å². The van der Waals surface area contributed by atoms with E-state index in [4.69, 9.17) is 27.9 Å². The van der Waals surface area contributed by atoms with Crippen molar-refractivity contribution >= 4 is 35.0 Å². The fourth-order valence-electron chi connectivity index (χ4n) is 2.98. The molecule has 2 aromatic carbocycles. The lowest BCUT2D eigenvalue weighted by Crippen LogP contribution is -2.53. The van der Waals surface area contributed by atoms with Gasteiger partial charge in [0.2, 0.25) is 5.91 Å². The van der Waals surface area contributed by atoms with Gasteiger partial charge in [-0.1, -0.05) is 41.4 Å². The Morgan fingerprint density at radius 2 is 1.74 bits per heavy atom. The summed E-state index contributed by atoms with van der Waals surface area (Å²) in [6.45, 7) is 11.3. The summed E-state index contributed by atoms with van der Waals surface area (Å²) in [6, 6.07) is 10.3. The third kappa shape index (κ3) is 7.44. The van der Waals surface area contributed by atoms with Gasteiger partial charge in [-0.15, -0.1) is 0 Å². The number of hydrogen-bond donors (Lipinski definition) is 1. The molecule has 31 heavy (non-hydrogen) atoms. The first kappa shape index (κ1) is 25.0. The van der Waals surface area contributed by atoms with E-state index in [-0.39, 0.29) is 25.0 Å². The highest BCUT2D eigenvalue weighted by molar-refractivity contribution is 6.42. The summed E-state index contributed by atoms with van der Waals surface area (Å²) >= 11 is 12.2. The van der Waals surface area contributed by atoms with E-state index in [2.05, 4.69) is 5.32 Å². The number of rotatable bonds is 7. The molecule has 2 aromatic rings. The van der Waals surface area contributed by atoms with Crippen LogP contribution in [-0.4, -0.2) is 34.9 Å². The van der Waals surface area contributed by atoms with Crippen LogP contribution < -0.4 is 10.1 Å². The molecule has 0 unspecified atom stereocenters. The molecular weight excluding hydrogens is 435 g/mol. The molecule has 0 aliphatic heterocycles. The highest BCUT2D eigenvalue weighted by atomic mass is 35.5. The van der Waals surface area contributed by atoms with Crippen LogP contribution in [-0.2, 0) is 16.1 Å². The number of halogens is 2.